The molecule has 0 spiro atoms. The number of carbonyl (C=O) groups excluding carboxylic acids is 2. The number of nitro benzene ring substituents is 1. The number of anilines is 1. The number of hydrogen-bond donors (Lipinski definition) is 1. The van der Waals surface area contributed by atoms with E-state index in [-0.39, 0.29) is 24.3 Å². The molecule has 2 aromatic carbocycles. The van der Waals surface area contributed by atoms with Crippen molar-refractivity contribution >= 4 is 57.6 Å². The van der Waals surface area contributed by atoms with E-state index < -0.39 is 4.92 Å². The first-order chi connectivity index (χ1) is 16.4. The molecule has 4 rings (SSSR count). The Bertz CT molecular complexity index is 1170. The van der Waals surface area contributed by atoms with E-state index in [1.807, 2.05) is 18.2 Å². The molecule has 0 radical (unpaired) electrons. The number of unbranched alkanes of at least 4 members (excludes halogenated alkanes) is 2. The van der Waals surface area contributed by atoms with E-state index in [1.54, 1.807) is 11.0 Å². The molecule has 9 nitrogen and oxygen atoms in total. The van der Waals surface area contributed by atoms with Gasteiger partial charge in [0.2, 0.25) is 12.7 Å². The maximum atomic E-state index is 12.8. The van der Waals surface area contributed by atoms with Gasteiger partial charge in [-0.15, -0.1) is 0 Å². The number of nitrogens with zero attached hydrogens (tertiary/aromatic N) is 2. The Hall–Kier alpha value is -3.44. The lowest BCUT2D eigenvalue weighted by Crippen LogP contribution is -2.29. The Balaban J connectivity index is 1.20. The maximum absolute atomic E-state index is 12.8. The number of ether oxygens (including phenoxy) is 2. The van der Waals surface area contributed by atoms with Crippen molar-refractivity contribution in [1.29, 1.82) is 0 Å². The van der Waals surface area contributed by atoms with Gasteiger partial charge in [-0.3, -0.25) is 24.6 Å². The third-order valence-electron chi connectivity index (χ3n) is 5.22. The first-order valence-electron chi connectivity index (χ1n) is 10.6. The number of fused-ring (bicyclic) bond motifs is 1. The van der Waals surface area contributed by atoms with E-state index in [2.05, 4.69) is 5.32 Å². The van der Waals surface area contributed by atoms with Crippen LogP contribution < -0.4 is 14.8 Å². The van der Waals surface area contributed by atoms with E-state index in [9.17, 15) is 19.7 Å². The Morgan fingerprint density at radius 1 is 1.15 bits per heavy atom. The molecule has 11 heteroatoms. The van der Waals surface area contributed by atoms with Crippen molar-refractivity contribution in [3.8, 4) is 11.5 Å². The molecule has 0 saturated carbocycles. The topological polar surface area (TPSA) is 111 Å². The second kappa shape index (κ2) is 10.7. The molecule has 2 aliphatic heterocycles. The zero-order valence-electron chi connectivity index (χ0n) is 18.0. The molecule has 0 aliphatic carbocycles. The largest absolute Gasteiger partial charge is 0.454 e. The predicted octanol–water partition coefficient (Wildman–Crippen LogP) is 4.72. The SMILES string of the molecule is O=C(CCCCCN1C(=O)/C(=C/c2ccc3c(c2)OCO3)SC1=S)Nc1ccc([N+](=O)[O-])cc1. The van der Waals surface area contributed by atoms with Crippen molar-refractivity contribution in [1.82, 2.24) is 4.90 Å². The zero-order valence-corrected chi connectivity index (χ0v) is 19.7. The highest BCUT2D eigenvalue weighted by molar-refractivity contribution is 8.26. The average Bonchev–Trinajstić information content (AvgIpc) is 3.38. The summed E-state index contributed by atoms with van der Waals surface area (Å²) in [5.74, 6) is 1.06. The van der Waals surface area contributed by atoms with Gasteiger partial charge in [0.05, 0.1) is 9.83 Å². The van der Waals surface area contributed by atoms with Crippen molar-refractivity contribution < 1.29 is 24.0 Å². The van der Waals surface area contributed by atoms with Crippen LogP contribution in [0.2, 0.25) is 0 Å². The minimum Gasteiger partial charge on any atom is -0.454 e. The van der Waals surface area contributed by atoms with Crippen molar-refractivity contribution in [2.45, 2.75) is 25.7 Å². The Kier molecular flexibility index (Phi) is 7.43. The van der Waals surface area contributed by atoms with Gasteiger partial charge in [-0.25, -0.2) is 0 Å². The van der Waals surface area contributed by atoms with Crippen LogP contribution in [0.25, 0.3) is 6.08 Å². The normalized spacial score (nSPS) is 15.8. The van der Waals surface area contributed by atoms with E-state index in [4.69, 9.17) is 21.7 Å². The monoisotopic (exact) mass is 499 g/mol. The molecule has 1 saturated heterocycles. The van der Waals surface area contributed by atoms with Gasteiger partial charge in [-0.1, -0.05) is 36.5 Å². The fourth-order valence-electron chi connectivity index (χ4n) is 3.47. The molecule has 2 aromatic rings. The summed E-state index contributed by atoms with van der Waals surface area (Å²) in [5.41, 5.74) is 1.32. The van der Waals surface area contributed by atoms with Crippen LogP contribution in [0.3, 0.4) is 0 Å². The van der Waals surface area contributed by atoms with Crippen LogP contribution in [-0.2, 0) is 9.59 Å². The van der Waals surface area contributed by atoms with E-state index in [0.717, 1.165) is 12.0 Å². The summed E-state index contributed by atoms with van der Waals surface area (Å²) in [5, 5.41) is 13.4. The molecule has 0 unspecified atom stereocenters. The minimum absolute atomic E-state index is 0.0283. The molecule has 0 aromatic heterocycles. The average molecular weight is 500 g/mol. The third kappa shape index (κ3) is 5.72. The van der Waals surface area contributed by atoms with E-state index >= 15 is 0 Å². The van der Waals surface area contributed by atoms with Gasteiger partial charge in [-0.05, 0) is 48.7 Å². The van der Waals surface area contributed by atoms with Crippen LogP contribution in [0, 0.1) is 10.1 Å². The van der Waals surface area contributed by atoms with Gasteiger partial charge < -0.3 is 14.8 Å². The molecule has 0 atom stereocenters. The fourth-order valence-corrected chi connectivity index (χ4v) is 4.78. The summed E-state index contributed by atoms with van der Waals surface area (Å²) in [7, 11) is 0. The first kappa shape index (κ1) is 23.7. The van der Waals surface area contributed by atoms with Gasteiger partial charge in [-0.2, -0.15) is 0 Å². The molecule has 1 N–H and O–H groups in total. The lowest BCUT2D eigenvalue weighted by atomic mass is 10.1. The number of thioether (sulfide) groups is 1. The van der Waals surface area contributed by atoms with E-state index in [0.29, 0.717) is 52.2 Å². The number of nitro groups is 1. The fraction of sp³-hybridized carbons (Fsp3) is 0.261. The summed E-state index contributed by atoms with van der Waals surface area (Å²) in [6.45, 7) is 0.687. The molecule has 176 valence electrons. The lowest BCUT2D eigenvalue weighted by Gasteiger charge is -2.14. The van der Waals surface area contributed by atoms with Crippen molar-refractivity contribution in [3.63, 3.8) is 0 Å². The number of nitrogens with one attached hydrogen (secondary N) is 1. The van der Waals surface area contributed by atoms with Crippen LogP contribution >= 0.6 is 24.0 Å². The highest BCUT2D eigenvalue weighted by Crippen LogP contribution is 2.36. The molecule has 2 heterocycles. The summed E-state index contributed by atoms with van der Waals surface area (Å²) in [4.78, 5) is 37.2. The second-order valence-corrected chi connectivity index (χ2v) is 9.28. The number of benzene rings is 2. The number of non-ortho nitro benzene ring substituents is 1. The molecule has 34 heavy (non-hydrogen) atoms. The van der Waals surface area contributed by atoms with Gasteiger partial charge in [0, 0.05) is 30.8 Å². The number of amides is 2. The summed E-state index contributed by atoms with van der Waals surface area (Å²) in [6.07, 6.45) is 4.24. The third-order valence-corrected chi connectivity index (χ3v) is 6.59. The highest BCUT2D eigenvalue weighted by Gasteiger charge is 2.31. The number of rotatable bonds is 9. The van der Waals surface area contributed by atoms with Crippen molar-refractivity contribution in [2.24, 2.45) is 0 Å². The van der Waals surface area contributed by atoms with Crippen molar-refractivity contribution in [3.05, 3.63) is 63.0 Å². The highest BCUT2D eigenvalue weighted by atomic mass is 32.2. The molecular weight excluding hydrogens is 478 g/mol. The molecule has 2 aliphatic rings. The smallest absolute Gasteiger partial charge is 0.269 e. The number of hydrogen-bond acceptors (Lipinski definition) is 8. The van der Waals surface area contributed by atoms with Crippen LogP contribution in [0.5, 0.6) is 11.5 Å². The predicted molar refractivity (Wildman–Crippen MR) is 133 cm³/mol. The van der Waals surface area contributed by atoms with Gasteiger partial charge in [0.25, 0.3) is 11.6 Å². The van der Waals surface area contributed by atoms with Crippen LogP contribution in [0.15, 0.2) is 47.4 Å². The number of thiocarbonyl (C=S) groups is 1. The maximum Gasteiger partial charge on any atom is 0.269 e. The quantitative estimate of drug-likeness (QED) is 0.173. The van der Waals surface area contributed by atoms with Crippen molar-refractivity contribution in [2.75, 3.05) is 18.7 Å². The molecular formula is C23H21N3O6S2. The van der Waals surface area contributed by atoms with Crippen LogP contribution in [-0.4, -0.2) is 39.3 Å². The lowest BCUT2D eigenvalue weighted by molar-refractivity contribution is -0.384. The molecule has 0 bridgehead atoms. The Morgan fingerprint density at radius 3 is 2.68 bits per heavy atom. The summed E-state index contributed by atoms with van der Waals surface area (Å²) < 4.78 is 11.2. The standard InChI is InChI=1S/C23H21N3O6S2/c27-21(24-16-6-8-17(9-7-16)26(29)30)4-2-1-3-11-25-22(28)20(34-23(25)33)13-15-5-10-18-19(12-15)32-14-31-18/h5-10,12-13H,1-4,11,14H2,(H,24,27)/b20-13-. The Morgan fingerprint density at radius 2 is 1.91 bits per heavy atom. The minimum atomic E-state index is -0.489. The van der Waals surface area contributed by atoms with Gasteiger partial charge >= 0.3 is 0 Å². The van der Waals surface area contributed by atoms with E-state index in [1.165, 1.54) is 36.0 Å². The second-order valence-electron chi connectivity index (χ2n) is 7.61. The summed E-state index contributed by atoms with van der Waals surface area (Å²) in [6, 6.07) is 11.2. The van der Waals surface area contributed by atoms with Gasteiger partial charge in [0.15, 0.2) is 11.5 Å². The molecule has 2 amide bonds. The first-order valence-corrected chi connectivity index (χ1v) is 11.8. The Labute approximate surface area is 205 Å². The van der Waals surface area contributed by atoms with Crippen LogP contribution in [0.1, 0.15) is 31.2 Å². The van der Waals surface area contributed by atoms with Crippen LogP contribution in [0.4, 0.5) is 11.4 Å². The number of carbonyl (C=O) groups is 2. The molecule has 1 fully saturated rings. The summed E-state index contributed by atoms with van der Waals surface area (Å²) >= 11 is 6.66. The zero-order chi connectivity index (χ0) is 24.1. The van der Waals surface area contributed by atoms with Gasteiger partial charge in [0.1, 0.15) is 4.32 Å².